The Morgan fingerprint density at radius 3 is 2.72 bits per heavy atom. The summed E-state index contributed by atoms with van der Waals surface area (Å²) >= 11 is 0. The van der Waals surface area contributed by atoms with E-state index in [-0.39, 0.29) is 17.9 Å². The van der Waals surface area contributed by atoms with Crippen molar-refractivity contribution in [2.45, 2.75) is 39.2 Å². The number of amides is 1. The fourth-order valence-electron chi connectivity index (χ4n) is 3.73. The number of nitrogens with one attached hydrogen (secondary N) is 2. The van der Waals surface area contributed by atoms with Gasteiger partial charge in [0.2, 0.25) is 11.9 Å². The van der Waals surface area contributed by atoms with Crippen molar-refractivity contribution in [2.24, 2.45) is 5.92 Å². The van der Waals surface area contributed by atoms with Crippen LogP contribution >= 0.6 is 0 Å². The van der Waals surface area contributed by atoms with Crippen LogP contribution in [0.2, 0.25) is 0 Å². The third-order valence-corrected chi connectivity index (χ3v) is 5.53. The van der Waals surface area contributed by atoms with E-state index in [9.17, 15) is 4.79 Å². The molecule has 2 saturated heterocycles. The number of nitrogens with zero attached hydrogens (tertiary/aromatic N) is 2. The Hall–Kier alpha value is -2.08. The molecule has 134 valence electrons. The van der Waals surface area contributed by atoms with Gasteiger partial charge in [-0.3, -0.25) is 4.79 Å². The first kappa shape index (κ1) is 16.4. The Labute approximate surface area is 147 Å². The van der Waals surface area contributed by atoms with Crippen molar-refractivity contribution in [1.29, 1.82) is 0 Å². The molecule has 1 aromatic carbocycles. The molecule has 2 N–H and O–H groups in total. The second-order valence-corrected chi connectivity index (χ2v) is 7.34. The largest absolute Gasteiger partial charge is 0.379 e. The maximum absolute atomic E-state index is 12.4. The van der Waals surface area contributed by atoms with Gasteiger partial charge in [0.05, 0.1) is 23.7 Å². The Kier molecular flexibility index (Phi) is 4.37. The Morgan fingerprint density at radius 1 is 1.24 bits per heavy atom. The highest BCUT2D eigenvalue weighted by atomic mass is 16.5. The van der Waals surface area contributed by atoms with Gasteiger partial charge in [0.15, 0.2) is 0 Å². The summed E-state index contributed by atoms with van der Waals surface area (Å²) in [6.45, 7) is 7.36. The normalized spacial score (nSPS) is 21.8. The first-order valence-electron chi connectivity index (χ1n) is 9.20. The number of anilines is 1. The molecule has 1 aromatic heterocycles. The smallest absolute Gasteiger partial charge is 0.223 e. The van der Waals surface area contributed by atoms with Crippen molar-refractivity contribution in [3.05, 3.63) is 23.3 Å². The van der Waals surface area contributed by atoms with E-state index < -0.39 is 0 Å². The van der Waals surface area contributed by atoms with Crippen molar-refractivity contribution >= 4 is 22.9 Å². The van der Waals surface area contributed by atoms with Crippen LogP contribution in [0.4, 0.5) is 5.95 Å². The number of carbonyl (C=O) groups excluding carboxylic acids is 1. The molecule has 6 nitrogen and oxygen atoms in total. The number of ether oxygens (including phenoxy) is 1. The van der Waals surface area contributed by atoms with E-state index in [2.05, 4.69) is 41.2 Å². The van der Waals surface area contributed by atoms with Crippen LogP contribution < -0.4 is 10.2 Å². The monoisotopic (exact) mass is 342 g/mol. The lowest BCUT2D eigenvalue weighted by Gasteiger charge is -2.31. The standard InChI is InChI=1S/C19H26N4O2/c1-12-9-16-17(10-13(12)2)22-19(21-16)23-6-3-14(4-7-23)18(24)20-15-5-8-25-11-15/h9-10,14-15H,3-8,11H2,1-2H3,(H,20,24)(H,21,22). The molecule has 0 radical (unpaired) electrons. The zero-order valence-electron chi connectivity index (χ0n) is 15.0. The van der Waals surface area contributed by atoms with Gasteiger partial charge in [-0.1, -0.05) is 0 Å². The predicted octanol–water partition coefficient (Wildman–Crippen LogP) is 2.30. The highest BCUT2D eigenvalue weighted by Gasteiger charge is 2.28. The third-order valence-electron chi connectivity index (χ3n) is 5.53. The van der Waals surface area contributed by atoms with E-state index in [1.165, 1.54) is 11.1 Å². The van der Waals surface area contributed by atoms with Gasteiger partial charge in [-0.2, -0.15) is 0 Å². The number of fused-ring (bicyclic) bond motifs is 1. The van der Waals surface area contributed by atoms with Crippen molar-refractivity contribution in [2.75, 3.05) is 31.2 Å². The highest BCUT2D eigenvalue weighted by Crippen LogP contribution is 2.25. The Bertz CT molecular complexity index is 732. The summed E-state index contributed by atoms with van der Waals surface area (Å²) < 4.78 is 5.33. The summed E-state index contributed by atoms with van der Waals surface area (Å²) in [6.07, 6.45) is 2.67. The lowest BCUT2D eigenvalue weighted by Crippen LogP contribution is -2.44. The van der Waals surface area contributed by atoms with E-state index in [1.807, 2.05) is 0 Å². The molecule has 4 rings (SSSR count). The van der Waals surface area contributed by atoms with Crippen molar-refractivity contribution < 1.29 is 9.53 Å². The Balaban J connectivity index is 1.39. The Morgan fingerprint density at radius 2 is 2.00 bits per heavy atom. The number of H-pyrrole nitrogens is 1. The highest BCUT2D eigenvalue weighted by molar-refractivity contribution is 5.80. The van der Waals surface area contributed by atoms with Crippen LogP contribution in [0.3, 0.4) is 0 Å². The molecule has 1 unspecified atom stereocenters. The first-order valence-corrected chi connectivity index (χ1v) is 9.20. The van der Waals surface area contributed by atoms with Crippen LogP contribution in [-0.4, -0.2) is 48.2 Å². The van der Waals surface area contributed by atoms with Gasteiger partial charge in [0.25, 0.3) is 0 Å². The van der Waals surface area contributed by atoms with Crippen LogP contribution in [0, 0.1) is 19.8 Å². The lowest BCUT2D eigenvalue weighted by molar-refractivity contribution is -0.126. The molecule has 0 saturated carbocycles. The number of imidazole rings is 1. The molecule has 2 aromatic rings. The van der Waals surface area contributed by atoms with Gasteiger partial charge in [0.1, 0.15) is 0 Å². The number of hydrogen-bond acceptors (Lipinski definition) is 4. The molecule has 2 aliphatic heterocycles. The number of carbonyl (C=O) groups is 1. The number of aromatic nitrogens is 2. The van der Waals surface area contributed by atoms with Gasteiger partial charge >= 0.3 is 0 Å². The van der Waals surface area contributed by atoms with Crippen LogP contribution in [0.1, 0.15) is 30.4 Å². The summed E-state index contributed by atoms with van der Waals surface area (Å²) in [7, 11) is 0. The zero-order chi connectivity index (χ0) is 17.4. The van der Waals surface area contributed by atoms with E-state index >= 15 is 0 Å². The molecular formula is C19H26N4O2. The summed E-state index contributed by atoms with van der Waals surface area (Å²) in [5, 5.41) is 3.13. The number of aromatic amines is 1. The number of benzene rings is 1. The second kappa shape index (κ2) is 6.67. The summed E-state index contributed by atoms with van der Waals surface area (Å²) in [5.41, 5.74) is 4.63. The van der Waals surface area contributed by atoms with Crippen LogP contribution in [0.15, 0.2) is 12.1 Å². The van der Waals surface area contributed by atoms with Gasteiger partial charge in [0, 0.05) is 25.6 Å². The van der Waals surface area contributed by atoms with Gasteiger partial charge in [-0.15, -0.1) is 0 Å². The van der Waals surface area contributed by atoms with Crippen LogP contribution in [0.25, 0.3) is 11.0 Å². The van der Waals surface area contributed by atoms with Gasteiger partial charge < -0.3 is 19.9 Å². The fourth-order valence-corrected chi connectivity index (χ4v) is 3.73. The summed E-state index contributed by atoms with van der Waals surface area (Å²) in [6, 6.07) is 4.49. The molecule has 2 fully saturated rings. The molecule has 1 atom stereocenters. The van der Waals surface area contributed by atoms with E-state index in [0.29, 0.717) is 6.61 Å². The number of hydrogen-bond donors (Lipinski definition) is 2. The first-order chi connectivity index (χ1) is 12.1. The van der Waals surface area contributed by atoms with Crippen LogP contribution in [0.5, 0.6) is 0 Å². The second-order valence-electron chi connectivity index (χ2n) is 7.34. The van der Waals surface area contributed by atoms with Gasteiger partial charge in [-0.05, 0) is 56.4 Å². The van der Waals surface area contributed by atoms with Crippen molar-refractivity contribution in [3.63, 3.8) is 0 Å². The van der Waals surface area contributed by atoms with E-state index in [1.54, 1.807) is 0 Å². The molecule has 1 amide bonds. The quantitative estimate of drug-likeness (QED) is 0.898. The third kappa shape index (κ3) is 3.35. The molecule has 2 aliphatic rings. The minimum atomic E-state index is 0.103. The zero-order valence-corrected chi connectivity index (χ0v) is 15.0. The topological polar surface area (TPSA) is 70.2 Å². The van der Waals surface area contributed by atoms with Gasteiger partial charge in [-0.25, -0.2) is 4.98 Å². The minimum absolute atomic E-state index is 0.103. The maximum Gasteiger partial charge on any atom is 0.223 e. The predicted molar refractivity (Wildman–Crippen MR) is 97.9 cm³/mol. The van der Waals surface area contributed by atoms with E-state index in [0.717, 1.165) is 55.9 Å². The lowest BCUT2D eigenvalue weighted by atomic mass is 9.95. The minimum Gasteiger partial charge on any atom is -0.379 e. The van der Waals surface area contributed by atoms with Crippen molar-refractivity contribution in [1.82, 2.24) is 15.3 Å². The maximum atomic E-state index is 12.4. The van der Waals surface area contributed by atoms with Crippen molar-refractivity contribution in [3.8, 4) is 0 Å². The van der Waals surface area contributed by atoms with Crippen LogP contribution in [-0.2, 0) is 9.53 Å². The average Bonchev–Trinajstić information content (AvgIpc) is 3.25. The molecule has 0 aliphatic carbocycles. The fraction of sp³-hybridized carbons (Fsp3) is 0.579. The number of piperidine rings is 1. The molecule has 0 bridgehead atoms. The average molecular weight is 342 g/mol. The molecular weight excluding hydrogens is 316 g/mol. The number of rotatable bonds is 3. The summed E-state index contributed by atoms with van der Waals surface area (Å²) in [4.78, 5) is 22.8. The number of aryl methyl sites for hydroxylation is 2. The molecule has 6 heteroatoms. The molecule has 3 heterocycles. The summed E-state index contributed by atoms with van der Waals surface area (Å²) in [5.74, 6) is 1.21. The molecule has 0 spiro atoms. The SMILES string of the molecule is Cc1cc2nc(N3CCC(C(=O)NC4CCOC4)CC3)[nH]c2cc1C. The van der Waals surface area contributed by atoms with E-state index in [4.69, 9.17) is 9.72 Å². The molecule has 25 heavy (non-hydrogen) atoms.